The fourth-order valence-corrected chi connectivity index (χ4v) is 1.40. The average Bonchev–Trinajstić information content (AvgIpc) is 2.02. The van der Waals surface area contributed by atoms with Crippen LogP contribution in [0.25, 0.3) is 0 Å². The quantitative estimate of drug-likeness (QED) is 0.632. The van der Waals surface area contributed by atoms with Crippen molar-refractivity contribution >= 4 is 0 Å². The summed E-state index contributed by atoms with van der Waals surface area (Å²) in [7, 11) is 0. The number of hydrogen-bond acceptors (Lipinski definition) is 2. The number of aliphatic hydroxyl groups is 1. The zero-order valence-electron chi connectivity index (χ0n) is 10.2. The van der Waals surface area contributed by atoms with Crippen molar-refractivity contribution in [2.75, 3.05) is 13.1 Å². The molecule has 0 aliphatic heterocycles. The van der Waals surface area contributed by atoms with Gasteiger partial charge in [0.25, 0.3) is 0 Å². The van der Waals surface area contributed by atoms with Crippen LogP contribution in [0, 0.1) is 11.8 Å². The first-order chi connectivity index (χ1) is 6.52. The second-order valence-electron chi connectivity index (χ2n) is 5.03. The number of hydrogen-bond donors (Lipinski definition) is 2. The van der Waals surface area contributed by atoms with Crippen LogP contribution in [-0.4, -0.2) is 24.3 Å². The van der Waals surface area contributed by atoms with E-state index in [9.17, 15) is 5.11 Å². The molecule has 0 aliphatic carbocycles. The minimum absolute atomic E-state index is 0.160. The molecule has 0 saturated carbocycles. The van der Waals surface area contributed by atoms with Crippen molar-refractivity contribution in [3.63, 3.8) is 0 Å². The highest BCUT2D eigenvalue weighted by molar-refractivity contribution is 4.61. The van der Waals surface area contributed by atoms with Crippen LogP contribution in [0.4, 0.5) is 0 Å². The summed E-state index contributed by atoms with van der Waals surface area (Å²) in [5.41, 5.74) is 0. The normalized spacial score (nSPS) is 13.9. The molecule has 2 nitrogen and oxygen atoms in total. The summed E-state index contributed by atoms with van der Waals surface area (Å²) in [5, 5.41) is 12.9. The van der Waals surface area contributed by atoms with E-state index in [0.29, 0.717) is 5.92 Å². The van der Waals surface area contributed by atoms with Gasteiger partial charge in [0, 0.05) is 6.54 Å². The van der Waals surface area contributed by atoms with Gasteiger partial charge in [0.1, 0.15) is 0 Å². The van der Waals surface area contributed by atoms with Crippen molar-refractivity contribution in [2.45, 2.75) is 53.1 Å². The third kappa shape index (κ3) is 10.0. The minimum Gasteiger partial charge on any atom is -0.392 e. The number of aliphatic hydroxyl groups excluding tert-OH is 1. The predicted molar refractivity (Wildman–Crippen MR) is 62.4 cm³/mol. The maximum absolute atomic E-state index is 9.61. The van der Waals surface area contributed by atoms with Crippen LogP contribution >= 0.6 is 0 Å². The molecule has 0 fully saturated rings. The summed E-state index contributed by atoms with van der Waals surface area (Å²) in [4.78, 5) is 0. The minimum atomic E-state index is -0.160. The van der Waals surface area contributed by atoms with E-state index >= 15 is 0 Å². The highest BCUT2D eigenvalue weighted by atomic mass is 16.3. The summed E-state index contributed by atoms with van der Waals surface area (Å²) in [6, 6.07) is 0. The molecule has 2 heteroatoms. The monoisotopic (exact) mass is 201 g/mol. The zero-order chi connectivity index (χ0) is 11.0. The molecule has 0 heterocycles. The van der Waals surface area contributed by atoms with E-state index in [2.05, 4.69) is 33.0 Å². The van der Waals surface area contributed by atoms with Gasteiger partial charge in [0.2, 0.25) is 0 Å². The second kappa shape index (κ2) is 8.25. The molecule has 0 bridgehead atoms. The van der Waals surface area contributed by atoms with Crippen molar-refractivity contribution in [3.8, 4) is 0 Å². The summed E-state index contributed by atoms with van der Waals surface area (Å²) in [5.74, 6) is 1.42. The van der Waals surface area contributed by atoms with E-state index in [1.54, 1.807) is 0 Å². The molecule has 1 atom stereocenters. The molecule has 0 aromatic heterocycles. The molecule has 0 spiro atoms. The van der Waals surface area contributed by atoms with Crippen LogP contribution in [0.15, 0.2) is 0 Å². The molecular weight excluding hydrogens is 174 g/mol. The predicted octanol–water partition coefficient (Wildman–Crippen LogP) is 2.42. The van der Waals surface area contributed by atoms with Gasteiger partial charge < -0.3 is 10.4 Å². The fourth-order valence-electron chi connectivity index (χ4n) is 1.40. The van der Waals surface area contributed by atoms with E-state index in [4.69, 9.17) is 0 Å². The van der Waals surface area contributed by atoms with Crippen LogP contribution in [-0.2, 0) is 0 Å². The maximum Gasteiger partial charge on any atom is 0.0664 e. The number of nitrogens with one attached hydrogen (secondary N) is 1. The van der Waals surface area contributed by atoms with Crippen molar-refractivity contribution in [1.82, 2.24) is 5.32 Å². The topological polar surface area (TPSA) is 32.3 Å². The van der Waals surface area contributed by atoms with E-state index in [-0.39, 0.29) is 6.10 Å². The summed E-state index contributed by atoms with van der Waals surface area (Å²) >= 11 is 0. The highest BCUT2D eigenvalue weighted by Crippen LogP contribution is 2.07. The van der Waals surface area contributed by atoms with Gasteiger partial charge in [-0.15, -0.1) is 0 Å². The number of rotatable bonds is 8. The largest absolute Gasteiger partial charge is 0.392 e. The molecule has 0 aromatic rings. The molecule has 0 amide bonds. The Hall–Kier alpha value is -0.0800. The average molecular weight is 201 g/mol. The Bertz CT molecular complexity index is 109. The maximum atomic E-state index is 9.61. The fraction of sp³-hybridized carbons (Fsp3) is 1.00. The van der Waals surface area contributed by atoms with E-state index in [1.165, 1.54) is 6.42 Å². The molecule has 1 unspecified atom stereocenters. The van der Waals surface area contributed by atoms with Crippen LogP contribution in [0.1, 0.15) is 47.0 Å². The van der Waals surface area contributed by atoms with Gasteiger partial charge in [-0.1, -0.05) is 40.5 Å². The third-order valence-corrected chi connectivity index (χ3v) is 2.25. The second-order valence-corrected chi connectivity index (χ2v) is 5.03. The molecule has 2 N–H and O–H groups in total. The lowest BCUT2D eigenvalue weighted by Gasteiger charge is -2.13. The highest BCUT2D eigenvalue weighted by Gasteiger charge is 2.04. The lowest BCUT2D eigenvalue weighted by molar-refractivity contribution is 0.155. The van der Waals surface area contributed by atoms with E-state index < -0.39 is 0 Å². The van der Waals surface area contributed by atoms with Crippen LogP contribution in [0.3, 0.4) is 0 Å². The van der Waals surface area contributed by atoms with Gasteiger partial charge >= 0.3 is 0 Å². The lowest BCUT2D eigenvalue weighted by Crippen LogP contribution is -2.29. The van der Waals surface area contributed by atoms with Gasteiger partial charge in [-0.3, -0.25) is 0 Å². The molecule has 0 aromatic carbocycles. The summed E-state index contributed by atoms with van der Waals surface area (Å²) in [6.07, 6.45) is 3.14. The van der Waals surface area contributed by atoms with Crippen molar-refractivity contribution in [1.29, 1.82) is 0 Å². The van der Waals surface area contributed by atoms with Gasteiger partial charge in [0.05, 0.1) is 6.10 Å². The lowest BCUT2D eigenvalue weighted by atomic mass is 10.0. The standard InChI is InChI=1S/C12H27NO/c1-10(2)6-5-7-12(14)9-13-8-11(3)4/h10-14H,5-9H2,1-4H3. The molecule has 86 valence electrons. The Morgan fingerprint density at radius 1 is 0.929 bits per heavy atom. The van der Waals surface area contributed by atoms with Gasteiger partial charge in [-0.2, -0.15) is 0 Å². The van der Waals surface area contributed by atoms with Crippen molar-refractivity contribution < 1.29 is 5.11 Å². The Labute approximate surface area is 89.1 Å². The van der Waals surface area contributed by atoms with E-state index in [1.807, 2.05) is 0 Å². The van der Waals surface area contributed by atoms with Gasteiger partial charge in [-0.05, 0) is 24.8 Å². The molecular formula is C12H27NO. The van der Waals surface area contributed by atoms with Gasteiger partial charge in [-0.25, -0.2) is 0 Å². The van der Waals surface area contributed by atoms with E-state index in [0.717, 1.165) is 31.8 Å². The SMILES string of the molecule is CC(C)CCCC(O)CNCC(C)C. The first-order valence-electron chi connectivity index (χ1n) is 5.91. The Kier molecular flexibility index (Phi) is 8.20. The molecule has 14 heavy (non-hydrogen) atoms. The Balaban J connectivity index is 3.23. The molecule has 0 rings (SSSR count). The Morgan fingerprint density at radius 2 is 1.57 bits per heavy atom. The first kappa shape index (κ1) is 13.9. The summed E-state index contributed by atoms with van der Waals surface area (Å²) < 4.78 is 0. The Morgan fingerprint density at radius 3 is 2.07 bits per heavy atom. The van der Waals surface area contributed by atoms with Crippen molar-refractivity contribution in [3.05, 3.63) is 0 Å². The van der Waals surface area contributed by atoms with Crippen LogP contribution in [0.2, 0.25) is 0 Å². The zero-order valence-corrected chi connectivity index (χ0v) is 10.2. The third-order valence-electron chi connectivity index (χ3n) is 2.25. The van der Waals surface area contributed by atoms with Crippen molar-refractivity contribution in [2.24, 2.45) is 11.8 Å². The molecule has 0 saturated heterocycles. The molecule has 0 radical (unpaired) electrons. The summed E-state index contributed by atoms with van der Waals surface area (Å²) in [6.45, 7) is 10.6. The van der Waals surface area contributed by atoms with Crippen LogP contribution in [0.5, 0.6) is 0 Å². The molecule has 0 aliphatic rings. The van der Waals surface area contributed by atoms with Gasteiger partial charge in [0.15, 0.2) is 0 Å². The smallest absolute Gasteiger partial charge is 0.0664 e. The van der Waals surface area contributed by atoms with Crippen LogP contribution < -0.4 is 5.32 Å². The first-order valence-corrected chi connectivity index (χ1v) is 5.91.